The molecule has 1 saturated heterocycles. The van der Waals surface area contributed by atoms with Crippen molar-refractivity contribution in [2.24, 2.45) is 0 Å². The summed E-state index contributed by atoms with van der Waals surface area (Å²) in [5.74, 6) is -2.91. The van der Waals surface area contributed by atoms with Crippen LogP contribution in [0.3, 0.4) is 0 Å². The molecule has 0 bridgehead atoms. The molecule has 4 rings (SSSR count). The van der Waals surface area contributed by atoms with Gasteiger partial charge in [-0.1, -0.05) is 41.9 Å². The molecule has 1 atom stereocenters. The Kier molecular flexibility index (Phi) is 11.0. The van der Waals surface area contributed by atoms with Crippen LogP contribution in [0.5, 0.6) is 0 Å². The Labute approximate surface area is 232 Å². The molecule has 40 heavy (non-hydrogen) atoms. The van der Waals surface area contributed by atoms with Gasteiger partial charge in [0.1, 0.15) is 6.67 Å². The summed E-state index contributed by atoms with van der Waals surface area (Å²) in [6, 6.07) is 15.4. The fourth-order valence-corrected chi connectivity index (χ4v) is 4.60. The number of nitrogens with one attached hydrogen (secondary N) is 1. The largest absolute Gasteiger partial charge is 0.490 e. The number of amides is 1. The van der Waals surface area contributed by atoms with Crippen molar-refractivity contribution in [1.29, 1.82) is 0 Å². The fourth-order valence-electron chi connectivity index (χ4n) is 4.47. The van der Waals surface area contributed by atoms with Crippen LogP contribution < -0.4 is 10.9 Å². The van der Waals surface area contributed by atoms with Crippen LogP contribution in [0, 0.1) is 0 Å². The van der Waals surface area contributed by atoms with E-state index in [9.17, 15) is 27.2 Å². The average molecular weight is 585 g/mol. The molecular formula is C27H29ClF4N4O4. The highest BCUT2D eigenvalue weighted by Crippen LogP contribution is 2.21. The quantitative estimate of drug-likeness (QED) is 0.365. The van der Waals surface area contributed by atoms with Gasteiger partial charge in [0.15, 0.2) is 0 Å². The van der Waals surface area contributed by atoms with Crippen molar-refractivity contribution in [1.82, 2.24) is 20.0 Å². The Balaban J connectivity index is 0.000000559. The van der Waals surface area contributed by atoms with Gasteiger partial charge in [-0.3, -0.25) is 14.5 Å². The van der Waals surface area contributed by atoms with E-state index < -0.39 is 18.8 Å². The van der Waals surface area contributed by atoms with Crippen molar-refractivity contribution in [2.75, 3.05) is 26.3 Å². The number of fused-ring (bicyclic) bond motifs is 1. The van der Waals surface area contributed by atoms with Crippen molar-refractivity contribution in [3.05, 3.63) is 75.2 Å². The molecule has 0 aliphatic carbocycles. The summed E-state index contributed by atoms with van der Waals surface area (Å²) in [6.45, 7) is 1.43. The first-order valence-electron chi connectivity index (χ1n) is 12.6. The molecule has 1 fully saturated rings. The molecular weight excluding hydrogens is 556 g/mol. The van der Waals surface area contributed by atoms with Crippen LogP contribution in [0.2, 0.25) is 5.02 Å². The van der Waals surface area contributed by atoms with Crippen molar-refractivity contribution < 1.29 is 32.3 Å². The van der Waals surface area contributed by atoms with Crippen LogP contribution in [0.1, 0.15) is 30.5 Å². The number of rotatable bonds is 9. The van der Waals surface area contributed by atoms with Crippen LogP contribution in [0.15, 0.2) is 53.3 Å². The Hall–Kier alpha value is -3.51. The minimum atomic E-state index is -5.08. The van der Waals surface area contributed by atoms with Crippen LogP contribution in [0.4, 0.5) is 17.6 Å². The van der Waals surface area contributed by atoms with Gasteiger partial charge in [0.05, 0.1) is 17.6 Å². The summed E-state index contributed by atoms with van der Waals surface area (Å²) >= 11 is 6.03. The number of likely N-dealkylation sites (tertiary alicyclic amines) is 1. The predicted octanol–water partition coefficient (Wildman–Crippen LogP) is 4.21. The number of carbonyl (C=O) groups is 2. The summed E-state index contributed by atoms with van der Waals surface area (Å²) in [5.41, 5.74) is 1.82. The number of aliphatic carboxylic acids is 1. The van der Waals surface area contributed by atoms with Crippen LogP contribution >= 0.6 is 11.6 Å². The lowest BCUT2D eigenvalue weighted by molar-refractivity contribution is -0.192. The molecule has 0 unspecified atom stereocenters. The molecule has 1 aliphatic heterocycles. The molecule has 2 aromatic carbocycles. The van der Waals surface area contributed by atoms with E-state index in [1.165, 1.54) is 0 Å². The predicted molar refractivity (Wildman–Crippen MR) is 142 cm³/mol. The summed E-state index contributed by atoms with van der Waals surface area (Å²) in [6.07, 6.45) is -2.21. The molecule has 13 heteroatoms. The Morgan fingerprint density at radius 3 is 2.38 bits per heavy atom. The second-order valence-corrected chi connectivity index (χ2v) is 9.64. The van der Waals surface area contributed by atoms with E-state index in [4.69, 9.17) is 26.6 Å². The summed E-state index contributed by atoms with van der Waals surface area (Å²) in [5, 5.41) is 16.7. The van der Waals surface area contributed by atoms with Crippen LogP contribution in [-0.4, -0.2) is 70.2 Å². The molecule has 1 amide bonds. The van der Waals surface area contributed by atoms with Gasteiger partial charge in [0, 0.05) is 42.4 Å². The van der Waals surface area contributed by atoms with Crippen LogP contribution in [0.25, 0.3) is 10.8 Å². The number of alkyl halides is 4. The third-order valence-corrected chi connectivity index (χ3v) is 6.65. The third-order valence-electron chi connectivity index (χ3n) is 6.40. The number of aromatic nitrogens is 2. The Morgan fingerprint density at radius 2 is 1.75 bits per heavy atom. The molecule has 2 N–H and O–H groups in total. The Bertz CT molecular complexity index is 1370. The lowest BCUT2D eigenvalue weighted by Gasteiger charge is -2.24. The van der Waals surface area contributed by atoms with Gasteiger partial charge in [-0.15, -0.1) is 0 Å². The number of benzene rings is 2. The van der Waals surface area contributed by atoms with Gasteiger partial charge < -0.3 is 10.4 Å². The third kappa shape index (κ3) is 8.75. The highest BCUT2D eigenvalue weighted by molar-refractivity contribution is 6.30. The molecule has 3 aromatic rings. The lowest BCUT2D eigenvalue weighted by Crippen LogP contribution is -2.39. The summed E-state index contributed by atoms with van der Waals surface area (Å²) in [7, 11) is 0. The van der Waals surface area contributed by atoms with Gasteiger partial charge in [-0.05, 0) is 43.1 Å². The number of carbonyl (C=O) groups excluding carboxylic acids is 1. The van der Waals surface area contributed by atoms with Crippen molar-refractivity contribution in [2.45, 2.75) is 44.4 Å². The zero-order valence-electron chi connectivity index (χ0n) is 21.5. The highest BCUT2D eigenvalue weighted by atomic mass is 35.5. The molecule has 216 valence electrons. The van der Waals surface area contributed by atoms with E-state index in [0.29, 0.717) is 36.3 Å². The van der Waals surface area contributed by atoms with Gasteiger partial charge in [-0.25, -0.2) is 13.9 Å². The fraction of sp³-hybridized carbons (Fsp3) is 0.407. The van der Waals surface area contributed by atoms with E-state index >= 15 is 0 Å². The topological polar surface area (TPSA) is 105 Å². The van der Waals surface area contributed by atoms with Crippen molar-refractivity contribution in [3.63, 3.8) is 0 Å². The molecule has 2 heterocycles. The monoisotopic (exact) mass is 584 g/mol. The molecule has 0 radical (unpaired) electrons. The second kappa shape index (κ2) is 14.2. The maximum atomic E-state index is 13.2. The number of carboxylic acids is 1. The number of hydrogen-bond acceptors (Lipinski definition) is 5. The molecule has 8 nitrogen and oxygen atoms in total. The summed E-state index contributed by atoms with van der Waals surface area (Å²) in [4.78, 5) is 36.2. The van der Waals surface area contributed by atoms with E-state index in [0.717, 1.165) is 36.0 Å². The molecule has 1 aliphatic rings. The standard InChI is InChI=1S/C25H28ClFN4O2.C2HF3O2/c26-19-9-7-18(8-10-19)16-23-21-5-1-2-6-22(21)25(33)31(29-23)17-20-4-3-14-30(20)15-11-24(32)28-13-12-27;3-2(4,5)1(6)7/h1-2,5-10,20H,3-4,11-17H2,(H,28,32);(H,6,7)/t20-;/m1./s1. The highest BCUT2D eigenvalue weighted by Gasteiger charge is 2.38. The molecule has 0 saturated carbocycles. The van der Waals surface area contributed by atoms with E-state index in [-0.39, 0.29) is 24.1 Å². The molecule has 0 spiro atoms. The van der Waals surface area contributed by atoms with Crippen molar-refractivity contribution in [3.8, 4) is 0 Å². The van der Waals surface area contributed by atoms with E-state index in [1.807, 2.05) is 48.5 Å². The van der Waals surface area contributed by atoms with Gasteiger partial charge in [0.25, 0.3) is 5.56 Å². The number of carboxylic acid groups (broad SMARTS) is 1. The number of halogens is 5. The minimum Gasteiger partial charge on any atom is -0.475 e. The van der Waals surface area contributed by atoms with E-state index in [2.05, 4.69) is 10.2 Å². The first-order chi connectivity index (χ1) is 19.0. The van der Waals surface area contributed by atoms with Gasteiger partial charge >= 0.3 is 12.1 Å². The zero-order valence-corrected chi connectivity index (χ0v) is 22.2. The smallest absolute Gasteiger partial charge is 0.475 e. The first-order valence-corrected chi connectivity index (χ1v) is 13.0. The molecule has 1 aromatic heterocycles. The SMILES string of the molecule is O=C(CCN1CCC[C@@H]1Cn1nc(Cc2ccc(Cl)cc2)c2ccccc2c1=O)NCCF.O=C(O)C(F)(F)F. The first kappa shape index (κ1) is 31.0. The normalized spacial score (nSPS) is 15.5. The number of nitrogens with zero attached hydrogens (tertiary/aromatic N) is 3. The Morgan fingerprint density at radius 1 is 1.10 bits per heavy atom. The van der Waals surface area contributed by atoms with Gasteiger partial charge in [-0.2, -0.15) is 18.3 Å². The maximum absolute atomic E-state index is 13.2. The second-order valence-electron chi connectivity index (χ2n) is 9.21. The van der Waals surface area contributed by atoms with Crippen molar-refractivity contribution >= 4 is 34.2 Å². The number of hydrogen-bond donors (Lipinski definition) is 2. The lowest BCUT2D eigenvalue weighted by atomic mass is 10.0. The summed E-state index contributed by atoms with van der Waals surface area (Å²) < 4.78 is 45.6. The zero-order chi connectivity index (χ0) is 29.3. The van der Waals surface area contributed by atoms with E-state index in [1.54, 1.807) is 4.68 Å². The van der Waals surface area contributed by atoms with Crippen LogP contribution in [-0.2, 0) is 22.6 Å². The maximum Gasteiger partial charge on any atom is 0.490 e. The average Bonchev–Trinajstić information content (AvgIpc) is 3.36. The van der Waals surface area contributed by atoms with Gasteiger partial charge in [0.2, 0.25) is 5.91 Å². The minimum absolute atomic E-state index is 0.0507.